The molecule has 0 fully saturated rings. The average Bonchev–Trinajstić information content (AvgIpc) is 3.13. The van der Waals surface area contributed by atoms with Crippen molar-refractivity contribution in [2.24, 2.45) is 0 Å². The predicted molar refractivity (Wildman–Crippen MR) is 134 cm³/mol. The molecule has 31 heavy (non-hydrogen) atoms. The van der Waals surface area contributed by atoms with Crippen molar-refractivity contribution in [3.63, 3.8) is 0 Å². The summed E-state index contributed by atoms with van der Waals surface area (Å²) in [5.41, 5.74) is 4.49. The van der Waals surface area contributed by atoms with Crippen LogP contribution in [0.3, 0.4) is 0 Å². The van der Waals surface area contributed by atoms with Gasteiger partial charge in [0.1, 0.15) is 5.82 Å². The summed E-state index contributed by atoms with van der Waals surface area (Å²) >= 11 is 2.00. The van der Waals surface area contributed by atoms with Crippen LogP contribution in [0.5, 0.6) is 0 Å². The number of urea groups is 1. The maximum absolute atomic E-state index is 14.0. The van der Waals surface area contributed by atoms with Gasteiger partial charge in [0.25, 0.3) is 0 Å². The van der Waals surface area contributed by atoms with Crippen LogP contribution in [0, 0.1) is 9.39 Å². The maximum Gasteiger partial charge on any atom is 0.323 e. The summed E-state index contributed by atoms with van der Waals surface area (Å²) in [5, 5.41) is 6.49. The first-order chi connectivity index (χ1) is 14.7. The van der Waals surface area contributed by atoms with Gasteiger partial charge in [-0.15, -0.1) is 0 Å². The molecule has 0 aliphatic carbocycles. The lowest BCUT2D eigenvalue weighted by Crippen LogP contribution is -2.43. The fourth-order valence-corrected chi connectivity index (χ4v) is 4.48. The Kier molecular flexibility index (Phi) is 6.07. The van der Waals surface area contributed by atoms with Crippen molar-refractivity contribution in [1.29, 1.82) is 0 Å². The quantitative estimate of drug-likeness (QED) is 0.340. The van der Waals surface area contributed by atoms with Crippen LogP contribution in [0.4, 0.5) is 20.6 Å². The zero-order valence-electron chi connectivity index (χ0n) is 17.9. The molecular weight excluding hydrogens is 506 g/mol. The molecule has 3 N–H and O–H groups in total. The first kappa shape index (κ1) is 21.8. The molecule has 162 valence electrons. The van der Waals surface area contributed by atoms with Crippen molar-refractivity contribution in [2.75, 3.05) is 23.7 Å². The van der Waals surface area contributed by atoms with Crippen LogP contribution in [0.25, 0.3) is 16.5 Å². The third-order valence-corrected chi connectivity index (χ3v) is 6.54. The molecule has 1 aromatic heterocycles. The molecule has 0 radical (unpaired) electrons. The molecule has 0 saturated carbocycles. The number of benzene rings is 2. The number of amides is 2. The topological polar surface area (TPSA) is 60.2 Å². The minimum Gasteiger partial charge on any atom is -0.361 e. The number of hydrogen-bond donors (Lipinski definition) is 3. The van der Waals surface area contributed by atoms with E-state index in [1.165, 1.54) is 11.6 Å². The lowest BCUT2D eigenvalue weighted by Gasteiger charge is -2.37. The number of anilines is 2. The van der Waals surface area contributed by atoms with Gasteiger partial charge in [-0.25, -0.2) is 9.18 Å². The lowest BCUT2D eigenvalue weighted by molar-refractivity contribution is 0.153. The third kappa shape index (κ3) is 4.77. The van der Waals surface area contributed by atoms with Crippen molar-refractivity contribution in [3.05, 3.63) is 63.6 Å². The Bertz CT molecular complexity index is 1140. The van der Waals surface area contributed by atoms with Gasteiger partial charge in [-0.1, -0.05) is 12.1 Å². The van der Waals surface area contributed by atoms with Crippen molar-refractivity contribution in [1.82, 2.24) is 9.88 Å². The van der Waals surface area contributed by atoms with Crippen molar-refractivity contribution >= 4 is 56.5 Å². The number of hydrogen-bond acceptors (Lipinski definition) is 2. The molecule has 0 saturated heterocycles. The van der Waals surface area contributed by atoms with Crippen LogP contribution in [-0.4, -0.2) is 34.5 Å². The molecule has 1 aliphatic heterocycles. The summed E-state index contributed by atoms with van der Waals surface area (Å²) in [6, 6.07) is 9.96. The van der Waals surface area contributed by atoms with E-state index in [9.17, 15) is 9.18 Å². The van der Waals surface area contributed by atoms with Gasteiger partial charge < -0.3 is 15.6 Å². The smallest absolute Gasteiger partial charge is 0.323 e. The van der Waals surface area contributed by atoms with E-state index in [2.05, 4.69) is 47.4 Å². The molecule has 2 amide bonds. The van der Waals surface area contributed by atoms with E-state index in [4.69, 9.17) is 0 Å². The fourth-order valence-electron chi connectivity index (χ4n) is 3.88. The number of fused-ring (bicyclic) bond motifs is 1. The molecule has 5 nitrogen and oxygen atoms in total. The van der Waals surface area contributed by atoms with Crippen LogP contribution in [0.1, 0.15) is 32.8 Å². The second-order valence-electron chi connectivity index (χ2n) is 8.73. The Balaban J connectivity index is 1.54. The summed E-state index contributed by atoms with van der Waals surface area (Å²) in [6.07, 6.45) is 5.31. The first-order valence-electron chi connectivity index (χ1n) is 10.3. The summed E-state index contributed by atoms with van der Waals surface area (Å²) in [4.78, 5) is 18.3. The number of aromatic amines is 1. The van der Waals surface area contributed by atoms with Crippen LogP contribution in [0.2, 0.25) is 0 Å². The molecule has 7 heteroatoms. The highest BCUT2D eigenvalue weighted by atomic mass is 127. The Morgan fingerprint density at radius 3 is 2.68 bits per heavy atom. The predicted octanol–water partition coefficient (Wildman–Crippen LogP) is 6.44. The van der Waals surface area contributed by atoms with E-state index < -0.39 is 11.8 Å². The molecule has 0 atom stereocenters. The number of carbonyl (C=O) groups is 1. The highest BCUT2D eigenvalue weighted by Crippen LogP contribution is 2.32. The minimum absolute atomic E-state index is 0.155. The number of nitrogens with zero attached hydrogens (tertiary/aromatic N) is 1. The Morgan fingerprint density at radius 2 is 2.00 bits per heavy atom. The zero-order valence-corrected chi connectivity index (χ0v) is 20.0. The van der Waals surface area contributed by atoms with Crippen LogP contribution >= 0.6 is 22.6 Å². The molecule has 4 rings (SSSR count). The number of nitrogens with one attached hydrogen (secondary N) is 3. The highest BCUT2D eigenvalue weighted by molar-refractivity contribution is 14.1. The van der Waals surface area contributed by atoms with Crippen LogP contribution in [-0.2, 0) is 0 Å². The van der Waals surface area contributed by atoms with Gasteiger partial charge in [0.15, 0.2) is 0 Å². The van der Waals surface area contributed by atoms with E-state index in [1.807, 2.05) is 47.0 Å². The van der Waals surface area contributed by atoms with Gasteiger partial charge in [0.05, 0.1) is 5.69 Å². The van der Waals surface area contributed by atoms with E-state index in [-0.39, 0.29) is 11.2 Å². The van der Waals surface area contributed by atoms with E-state index in [1.54, 1.807) is 12.1 Å². The number of aromatic nitrogens is 1. The summed E-state index contributed by atoms with van der Waals surface area (Å²) < 4.78 is 14.7. The monoisotopic (exact) mass is 532 g/mol. The SMILES string of the molecule is CC(C)(C)N1CC=C(c2c[nH]c3ccc(NC(=O)Nc4c(F)cccc4I)cc23)CC1. The Morgan fingerprint density at radius 1 is 1.19 bits per heavy atom. The molecule has 1 aliphatic rings. The van der Waals surface area contributed by atoms with Crippen molar-refractivity contribution in [2.45, 2.75) is 32.7 Å². The largest absolute Gasteiger partial charge is 0.361 e. The van der Waals surface area contributed by atoms with Gasteiger partial charge in [-0.2, -0.15) is 0 Å². The number of rotatable bonds is 3. The van der Waals surface area contributed by atoms with Gasteiger partial charge in [0, 0.05) is 50.5 Å². The molecule has 0 bridgehead atoms. The highest BCUT2D eigenvalue weighted by Gasteiger charge is 2.24. The summed E-state index contributed by atoms with van der Waals surface area (Å²) in [6.45, 7) is 8.66. The number of carbonyl (C=O) groups excluding carboxylic acids is 1. The van der Waals surface area contributed by atoms with Gasteiger partial charge in [-0.05, 0) is 85.7 Å². The van der Waals surface area contributed by atoms with Gasteiger partial charge in [0.2, 0.25) is 0 Å². The molecular formula is C24H26FIN4O. The van der Waals surface area contributed by atoms with Crippen LogP contribution < -0.4 is 10.6 Å². The van der Waals surface area contributed by atoms with E-state index in [0.29, 0.717) is 9.26 Å². The molecule has 3 aromatic rings. The number of para-hydroxylation sites is 1. The maximum atomic E-state index is 14.0. The van der Waals surface area contributed by atoms with Crippen molar-refractivity contribution < 1.29 is 9.18 Å². The molecule has 0 unspecified atom stereocenters. The third-order valence-electron chi connectivity index (χ3n) is 5.64. The zero-order chi connectivity index (χ0) is 22.2. The molecule has 2 heterocycles. The average molecular weight is 532 g/mol. The second-order valence-corrected chi connectivity index (χ2v) is 9.90. The summed E-state index contributed by atoms with van der Waals surface area (Å²) in [7, 11) is 0. The van der Waals surface area contributed by atoms with E-state index >= 15 is 0 Å². The van der Waals surface area contributed by atoms with Crippen LogP contribution in [0.15, 0.2) is 48.7 Å². The Labute approximate surface area is 195 Å². The minimum atomic E-state index is -0.475. The molecule has 2 aromatic carbocycles. The lowest BCUT2D eigenvalue weighted by atomic mass is 9.95. The molecule has 0 spiro atoms. The van der Waals surface area contributed by atoms with Gasteiger partial charge >= 0.3 is 6.03 Å². The first-order valence-corrected chi connectivity index (χ1v) is 11.4. The van der Waals surface area contributed by atoms with Crippen molar-refractivity contribution in [3.8, 4) is 0 Å². The number of H-pyrrole nitrogens is 1. The van der Waals surface area contributed by atoms with Gasteiger partial charge in [-0.3, -0.25) is 4.90 Å². The second kappa shape index (κ2) is 8.63. The standard InChI is InChI=1S/C24H26FIN4O/c1-24(2,3)30-11-9-15(10-12-30)18-14-27-21-8-7-16(13-17(18)21)28-23(31)29-22-19(25)5-4-6-20(22)26/h4-9,13-14,27H,10-12H2,1-3H3,(H2,28,29,31). The number of halogens is 2. The Hall–Kier alpha value is -2.39. The fraction of sp³-hybridized carbons (Fsp3) is 0.292. The van der Waals surface area contributed by atoms with E-state index in [0.717, 1.165) is 36.0 Å². The summed E-state index contributed by atoms with van der Waals surface area (Å²) in [5.74, 6) is -0.459. The normalized spacial score (nSPS) is 15.1.